The highest BCUT2D eigenvalue weighted by Gasteiger charge is 2.18. The summed E-state index contributed by atoms with van der Waals surface area (Å²) in [6.45, 7) is 2.76. The number of amides is 1. The number of carbonyl (C=O) groups is 2. The quantitative estimate of drug-likeness (QED) is 0.588. The van der Waals surface area contributed by atoms with E-state index in [0.717, 1.165) is 12.8 Å². The molecule has 7 heteroatoms. The summed E-state index contributed by atoms with van der Waals surface area (Å²) < 4.78 is 11.2. The van der Waals surface area contributed by atoms with Gasteiger partial charge in [0, 0.05) is 24.8 Å². The minimum Gasteiger partial charge on any atom is -0.478 e. The number of furan rings is 1. The fourth-order valence-corrected chi connectivity index (χ4v) is 3.11. The SMILES string of the molecule is Cc1c(C(=O)O)cccc1-c1ccc(/C=C(/C#N)C(=O)NC[C@@H]2CCCO2)o1. The number of carboxylic acid groups (broad SMARTS) is 1. The van der Waals surface area contributed by atoms with Crippen LogP contribution in [0.1, 0.15) is 34.5 Å². The van der Waals surface area contributed by atoms with Gasteiger partial charge in [0.25, 0.3) is 5.91 Å². The van der Waals surface area contributed by atoms with E-state index >= 15 is 0 Å². The molecule has 144 valence electrons. The smallest absolute Gasteiger partial charge is 0.335 e. The van der Waals surface area contributed by atoms with Crippen molar-refractivity contribution in [2.75, 3.05) is 13.2 Å². The van der Waals surface area contributed by atoms with Crippen molar-refractivity contribution in [1.29, 1.82) is 5.26 Å². The Hall–Kier alpha value is -3.37. The summed E-state index contributed by atoms with van der Waals surface area (Å²) in [6.07, 6.45) is 3.22. The highest BCUT2D eigenvalue weighted by Crippen LogP contribution is 2.28. The predicted octanol–water partition coefficient (Wildman–Crippen LogP) is 3.16. The number of ether oxygens (including phenoxy) is 1. The van der Waals surface area contributed by atoms with E-state index in [2.05, 4.69) is 5.32 Å². The number of carboxylic acids is 1. The largest absolute Gasteiger partial charge is 0.478 e. The lowest BCUT2D eigenvalue weighted by atomic mass is 10.0. The Balaban J connectivity index is 1.77. The Morgan fingerprint density at radius 3 is 2.86 bits per heavy atom. The second-order valence-corrected chi connectivity index (χ2v) is 6.50. The van der Waals surface area contributed by atoms with Gasteiger partial charge in [-0.05, 0) is 43.5 Å². The van der Waals surface area contributed by atoms with E-state index in [0.29, 0.717) is 35.8 Å². The average molecular weight is 380 g/mol. The van der Waals surface area contributed by atoms with Crippen LogP contribution < -0.4 is 5.32 Å². The highest BCUT2D eigenvalue weighted by atomic mass is 16.5. The predicted molar refractivity (Wildman–Crippen MR) is 101 cm³/mol. The number of aromatic carboxylic acids is 1. The number of hydrogen-bond acceptors (Lipinski definition) is 5. The van der Waals surface area contributed by atoms with Crippen LogP contribution in [0.25, 0.3) is 17.4 Å². The summed E-state index contributed by atoms with van der Waals surface area (Å²) in [4.78, 5) is 23.5. The zero-order valence-electron chi connectivity index (χ0n) is 15.4. The van der Waals surface area contributed by atoms with Gasteiger partial charge in [0.05, 0.1) is 11.7 Å². The molecule has 3 rings (SSSR count). The van der Waals surface area contributed by atoms with Crippen LogP contribution in [0.15, 0.2) is 40.3 Å². The summed E-state index contributed by atoms with van der Waals surface area (Å²) in [5.74, 6) is -0.705. The Kier molecular flexibility index (Phi) is 5.92. The molecular formula is C21H20N2O5. The lowest BCUT2D eigenvalue weighted by molar-refractivity contribution is -0.117. The summed E-state index contributed by atoms with van der Waals surface area (Å²) in [5.41, 5.74) is 1.34. The van der Waals surface area contributed by atoms with Gasteiger partial charge in [-0.2, -0.15) is 5.26 Å². The minimum atomic E-state index is -1.01. The number of nitrogens with zero attached hydrogens (tertiary/aromatic N) is 1. The number of hydrogen-bond donors (Lipinski definition) is 2. The van der Waals surface area contributed by atoms with Gasteiger partial charge in [0.1, 0.15) is 23.2 Å². The van der Waals surface area contributed by atoms with E-state index in [1.807, 2.05) is 6.07 Å². The normalized spacial score (nSPS) is 16.6. The molecule has 0 saturated carbocycles. The van der Waals surface area contributed by atoms with Crippen molar-refractivity contribution in [3.8, 4) is 17.4 Å². The summed E-state index contributed by atoms with van der Waals surface area (Å²) in [6, 6.07) is 10.1. The van der Waals surface area contributed by atoms with Gasteiger partial charge in [-0.15, -0.1) is 0 Å². The van der Waals surface area contributed by atoms with E-state index in [1.165, 1.54) is 12.1 Å². The maximum absolute atomic E-state index is 12.2. The van der Waals surface area contributed by atoms with Crippen LogP contribution in [0.5, 0.6) is 0 Å². The zero-order chi connectivity index (χ0) is 20.1. The molecule has 0 unspecified atom stereocenters. The molecule has 0 bridgehead atoms. The van der Waals surface area contributed by atoms with Gasteiger partial charge in [-0.3, -0.25) is 4.79 Å². The van der Waals surface area contributed by atoms with Crippen molar-refractivity contribution in [1.82, 2.24) is 5.32 Å². The van der Waals surface area contributed by atoms with Crippen LogP contribution >= 0.6 is 0 Å². The number of carbonyl (C=O) groups excluding carboxylic acids is 1. The van der Waals surface area contributed by atoms with E-state index in [-0.39, 0.29) is 17.2 Å². The first-order valence-corrected chi connectivity index (χ1v) is 8.94. The molecule has 1 aliphatic heterocycles. The van der Waals surface area contributed by atoms with Crippen LogP contribution in [0, 0.1) is 18.3 Å². The standard InChI is InChI=1S/C21H20N2O5/c1-13-17(5-2-6-18(13)21(25)26)19-8-7-15(28-19)10-14(11-22)20(24)23-12-16-4-3-9-27-16/h2,5-8,10,16H,3-4,9,12H2,1H3,(H,23,24)(H,25,26)/b14-10-/t16-/m0/s1. The zero-order valence-corrected chi connectivity index (χ0v) is 15.4. The van der Waals surface area contributed by atoms with Crippen LogP contribution in [-0.2, 0) is 9.53 Å². The first-order chi connectivity index (χ1) is 13.5. The molecule has 1 aromatic carbocycles. The second-order valence-electron chi connectivity index (χ2n) is 6.50. The van der Waals surface area contributed by atoms with Gasteiger partial charge >= 0.3 is 5.97 Å². The molecule has 0 spiro atoms. The number of rotatable bonds is 6. The number of benzene rings is 1. The van der Waals surface area contributed by atoms with E-state index < -0.39 is 11.9 Å². The Morgan fingerprint density at radius 2 is 2.18 bits per heavy atom. The van der Waals surface area contributed by atoms with Crippen LogP contribution in [0.3, 0.4) is 0 Å². The van der Waals surface area contributed by atoms with Gasteiger partial charge in [-0.25, -0.2) is 4.79 Å². The molecule has 2 N–H and O–H groups in total. The van der Waals surface area contributed by atoms with Crippen molar-refractivity contribution in [2.45, 2.75) is 25.9 Å². The third-order valence-corrected chi connectivity index (χ3v) is 4.62. The molecule has 1 atom stereocenters. The molecule has 1 fully saturated rings. The second kappa shape index (κ2) is 8.55. The lowest BCUT2D eigenvalue weighted by Gasteiger charge is -2.09. The van der Waals surface area contributed by atoms with Gasteiger partial charge in [-0.1, -0.05) is 12.1 Å². The average Bonchev–Trinajstić information content (AvgIpc) is 3.36. The third-order valence-electron chi connectivity index (χ3n) is 4.62. The monoisotopic (exact) mass is 380 g/mol. The molecule has 1 amide bonds. The van der Waals surface area contributed by atoms with Gasteiger partial charge in [0.2, 0.25) is 0 Å². The summed E-state index contributed by atoms with van der Waals surface area (Å²) in [5, 5.41) is 21.3. The van der Waals surface area contributed by atoms with Crippen molar-refractivity contribution in [3.63, 3.8) is 0 Å². The molecule has 2 aromatic rings. The van der Waals surface area contributed by atoms with Crippen LogP contribution in [0.4, 0.5) is 0 Å². The molecule has 0 aliphatic carbocycles. The van der Waals surface area contributed by atoms with E-state index in [9.17, 15) is 20.0 Å². The first-order valence-electron chi connectivity index (χ1n) is 8.94. The Labute approximate surface area is 162 Å². The maximum Gasteiger partial charge on any atom is 0.335 e. The molecule has 28 heavy (non-hydrogen) atoms. The van der Waals surface area contributed by atoms with E-state index in [4.69, 9.17) is 9.15 Å². The highest BCUT2D eigenvalue weighted by molar-refractivity contribution is 6.01. The van der Waals surface area contributed by atoms with Crippen molar-refractivity contribution >= 4 is 18.0 Å². The van der Waals surface area contributed by atoms with Crippen LogP contribution in [-0.4, -0.2) is 36.2 Å². The minimum absolute atomic E-state index is 0.0106. The molecule has 1 saturated heterocycles. The van der Waals surface area contributed by atoms with Gasteiger partial charge in [0.15, 0.2) is 0 Å². The molecule has 1 aromatic heterocycles. The van der Waals surface area contributed by atoms with Crippen LogP contribution in [0.2, 0.25) is 0 Å². The topological polar surface area (TPSA) is 113 Å². The summed E-state index contributed by atoms with van der Waals surface area (Å²) in [7, 11) is 0. The van der Waals surface area contributed by atoms with Gasteiger partial charge < -0.3 is 19.6 Å². The number of nitriles is 1. The molecule has 0 radical (unpaired) electrons. The lowest BCUT2D eigenvalue weighted by Crippen LogP contribution is -2.32. The Morgan fingerprint density at radius 1 is 1.36 bits per heavy atom. The fourth-order valence-electron chi connectivity index (χ4n) is 3.11. The third kappa shape index (κ3) is 4.30. The molecule has 2 heterocycles. The van der Waals surface area contributed by atoms with Crippen molar-refractivity contribution in [3.05, 3.63) is 52.8 Å². The first kappa shape index (κ1) is 19.4. The Bertz CT molecular complexity index is 961. The van der Waals surface area contributed by atoms with Crippen molar-refractivity contribution < 1.29 is 23.8 Å². The number of nitrogens with one attached hydrogen (secondary N) is 1. The molecule has 1 aliphatic rings. The summed E-state index contributed by atoms with van der Waals surface area (Å²) >= 11 is 0. The maximum atomic E-state index is 12.2. The molecule has 7 nitrogen and oxygen atoms in total. The van der Waals surface area contributed by atoms with Crippen molar-refractivity contribution in [2.24, 2.45) is 0 Å². The fraction of sp³-hybridized carbons (Fsp3) is 0.286. The van der Waals surface area contributed by atoms with E-state index in [1.54, 1.807) is 31.2 Å². The molecular weight excluding hydrogens is 360 g/mol.